The fourth-order valence-electron chi connectivity index (χ4n) is 1.98. The highest BCUT2D eigenvalue weighted by molar-refractivity contribution is 5.20. The van der Waals surface area contributed by atoms with E-state index in [1.54, 1.807) is 13.3 Å². The predicted molar refractivity (Wildman–Crippen MR) is 67.5 cm³/mol. The van der Waals surface area contributed by atoms with Gasteiger partial charge in [-0.3, -0.25) is 0 Å². The van der Waals surface area contributed by atoms with Gasteiger partial charge in [-0.2, -0.15) is 0 Å². The van der Waals surface area contributed by atoms with Crippen LogP contribution < -0.4 is 10.5 Å². The van der Waals surface area contributed by atoms with Gasteiger partial charge in [0, 0.05) is 44.3 Å². The molecule has 5 heteroatoms. The van der Waals surface area contributed by atoms with Gasteiger partial charge in [0.1, 0.15) is 6.10 Å². The number of methoxy groups -OCH3 is 1. The first kappa shape index (κ1) is 13.3. The van der Waals surface area contributed by atoms with E-state index in [4.69, 9.17) is 19.9 Å². The zero-order valence-electron chi connectivity index (χ0n) is 10.7. The molecule has 1 atom stereocenters. The molecule has 0 aromatic carbocycles. The first-order chi connectivity index (χ1) is 8.83. The van der Waals surface area contributed by atoms with Crippen LogP contribution in [0.1, 0.15) is 24.5 Å². The Balaban J connectivity index is 1.94. The van der Waals surface area contributed by atoms with Crippen molar-refractivity contribution < 1.29 is 14.2 Å². The fourth-order valence-corrected chi connectivity index (χ4v) is 1.98. The van der Waals surface area contributed by atoms with Crippen LogP contribution in [0.25, 0.3) is 0 Å². The molecule has 1 aromatic heterocycles. The van der Waals surface area contributed by atoms with Crippen LogP contribution in [0.4, 0.5) is 0 Å². The summed E-state index contributed by atoms with van der Waals surface area (Å²) in [6, 6.07) is 3.81. The number of hydrogen-bond donors (Lipinski definition) is 1. The lowest BCUT2D eigenvalue weighted by molar-refractivity contribution is 0.0236. The molecule has 0 bridgehead atoms. The van der Waals surface area contributed by atoms with Crippen LogP contribution in [0.3, 0.4) is 0 Å². The average molecular weight is 252 g/mol. The molecule has 0 spiro atoms. The maximum Gasteiger partial charge on any atom is 0.213 e. The minimum atomic E-state index is -0.102. The van der Waals surface area contributed by atoms with Crippen molar-refractivity contribution >= 4 is 0 Å². The second kappa shape index (κ2) is 6.68. The summed E-state index contributed by atoms with van der Waals surface area (Å²) in [4.78, 5) is 4.29. The second-order valence-corrected chi connectivity index (χ2v) is 4.32. The van der Waals surface area contributed by atoms with E-state index in [0.29, 0.717) is 12.4 Å². The third-order valence-corrected chi connectivity index (χ3v) is 3.09. The van der Waals surface area contributed by atoms with Crippen molar-refractivity contribution in [1.82, 2.24) is 4.98 Å². The standard InChI is InChI=1S/C13H20N2O3/c1-16-12(8-14)10-2-3-13(15-9-10)18-11-4-6-17-7-5-11/h2-3,9,11-12H,4-8,14H2,1H3/t12-/m0/s1. The number of rotatable bonds is 5. The molecule has 1 saturated heterocycles. The van der Waals surface area contributed by atoms with Crippen LogP contribution in [0.2, 0.25) is 0 Å². The van der Waals surface area contributed by atoms with Crippen LogP contribution in [0, 0.1) is 0 Å². The highest BCUT2D eigenvalue weighted by Gasteiger charge is 2.16. The topological polar surface area (TPSA) is 66.6 Å². The van der Waals surface area contributed by atoms with E-state index >= 15 is 0 Å². The maximum absolute atomic E-state index is 5.79. The molecule has 1 aliphatic heterocycles. The quantitative estimate of drug-likeness (QED) is 0.855. The van der Waals surface area contributed by atoms with Gasteiger partial charge >= 0.3 is 0 Å². The summed E-state index contributed by atoms with van der Waals surface area (Å²) in [7, 11) is 1.64. The summed E-state index contributed by atoms with van der Waals surface area (Å²) in [5.41, 5.74) is 6.58. The van der Waals surface area contributed by atoms with Crippen LogP contribution in [-0.4, -0.2) is 38.0 Å². The summed E-state index contributed by atoms with van der Waals surface area (Å²) >= 11 is 0. The Hall–Kier alpha value is -1.17. The number of nitrogens with two attached hydrogens (primary N) is 1. The lowest BCUT2D eigenvalue weighted by atomic mass is 10.1. The van der Waals surface area contributed by atoms with Crippen LogP contribution in [0.15, 0.2) is 18.3 Å². The van der Waals surface area contributed by atoms with Gasteiger partial charge in [0.15, 0.2) is 0 Å². The smallest absolute Gasteiger partial charge is 0.213 e. The normalized spacial score (nSPS) is 18.6. The molecule has 0 aliphatic carbocycles. The SMILES string of the molecule is CO[C@@H](CN)c1ccc(OC2CCOCC2)nc1. The lowest BCUT2D eigenvalue weighted by Crippen LogP contribution is -2.26. The van der Waals surface area contributed by atoms with Crippen LogP contribution in [0.5, 0.6) is 5.88 Å². The molecule has 2 N–H and O–H groups in total. The lowest BCUT2D eigenvalue weighted by Gasteiger charge is -2.22. The molecule has 2 heterocycles. The summed E-state index contributed by atoms with van der Waals surface area (Å²) in [5.74, 6) is 0.650. The van der Waals surface area contributed by atoms with Gasteiger partial charge in [0.05, 0.1) is 19.3 Å². The van der Waals surface area contributed by atoms with Crippen molar-refractivity contribution in [3.8, 4) is 5.88 Å². The first-order valence-electron chi connectivity index (χ1n) is 6.26. The minimum Gasteiger partial charge on any atom is -0.474 e. The van der Waals surface area contributed by atoms with Gasteiger partial charge < -0.3 is 19.9 Å². The summed E-state index contributed by atoms with van der Waals surface area (Å²) < 4.78 is 16.3. The van der Waals surface area contributed by atoms with E-state index in [1.807, 2.05) is 12.1 Å². The summed E-state index contributed by atoms with van der Waals surface area (Å²) in [5, 5.41) is 0. The maximum atomic E-state index is 5.79. The van der Waals surface area contributed by atoms with Crippen molar-refractivity contribution in [2.75, 3.05) is 26.9 Å². The molecule has 0 radical (unpaired) electrons. The molecule has 1 aliphatic rings. The molecule has 0 saturated carbocycles. The van der Waals surface area contributed by atoms with Gasteiger partial charge in [0.2, 0.25) is 5.88 Å². The Bertz CT molecular complexity index is 346. The molecule has 0 amide bonds. The molecular weight excluding hydrogens is 232 g/mol. The number of ether oxygens (including phenoxy) is 3. The Labute approximate surface area is 107 Å². The Morgan fingerprint density at radius 2 is 2.22 bits per heavy atom. The zero-order chi connectivity index (χ0) is 12.8. The van der Waals surface area contributed by atoms with Crippen LogP contribution >= 0.6 is 0 Å². The third-order valence-electron chi connectivity index (χ3n) is 3.09. The zero-order valence-corrected chi connectivity index (χ0v) is 10.7. The molecular formula is C13H20N2O3. The molecule has 100 valence electrons. The van der Waals surface area contributed by atoms with E-state index in [9.17, 15) is 0 Å². The number of nitrogens with zero attached hydrogens (tertiary/aromatic N) is 1. The molecule has 1 fully saturated rings. The van der Waals surface area contributed by atoms with Gasteiger partial charge in [-0.15, -0.1) is 0 Å². The number of pyridine rings is 1. The van der Waals surface area contributed by atoms with E-state index in [0.717, 1.165) is 31.6 Å². The summed E-state index contributed by atoms with van der Waals surface area (Å²) in [6.07, 6.45) is 3.72. The van der Waals surface area contributed by atoms with Crippen molar-refractivity contribution in [3.63, 3.8) is 0 Å². The van der Waals surface area contributed by atoms with Crippen molar-refractivity contribution in [3.05, 3.63) is 23.9 Å². The molecule has 2 rings (SSSR count). The highest BCUT2D eigenvalue weighted by atomic mass is 16.5. The first-order valence-corrected chi connectivity index (χ1v) is 6.26. The van der Waals surface area contributed by atoms with Crippen molar-refractivity contribution in [2.45, 2.75) is 25.0 Å². The Kier molecular flexibility index (Phi) is 4.92. The largest absolute Gasteiger partial charge is 0.474 e. The van der Waals surface area contributed by atoms with Crippen molar-refractivity contribution in [1.29, 1.82) is 0 Å². The molecule has 0 unspecified atom stereocenters. The van der Waals surface area contributed by atoms with E-state index in [1.165, 1.54) is 0 Å². The van der Waals surface area contributed by atoms with Gasteiger partial charge in [-0.05, 0) is 6.07 Å². The highest BCUT2D eigenvalue weighted by Crippen LogP contribution is 2.19. The third kappa shape index (κ3) is 3.41. The second-order valence-electron chi connectivity index (χ2n) is 4.32. The monoisotopic (exact) mass is 252 g/mol. The average Bonchev–Trinajstić information content (AvgIpc) is 2.43. The van der Waals surface area contributed by atoms with Gasteiger partial charge in [-0.1, -0.05) is 0 Å². The van der Waals surface area contributed by atoms with Gasteiger partial charge in [0.25, 0.3) is 0 Å². The molecule has 18 heavy (non-hydrogen) atoms. The minimum absolute atomic E-state index is 0.102. The van der Waals surface area contributed by atoms with Crippen molar-refractivity contribution in [2.24, 2.45) is 5.73 Å². The Morgan fingerprint density at radius 1 is 1.44 bits per heavy atom. The van der Waals surface area contributed by atoms with E-state index in [2.05, 4.69) is 4.98 Å². The number of hydrogen-bond acceptors (Lipinski definition) is 5. The van der Waals surface area contributed by atoms with Crippen LogP contribution in [-0.2, 0) is 9.47 Å². The summed E-state index contributed by atoms with van der Waals surface area (Å²) in [6.45, 7) is 1.97. The van der Waals surface area contributed by atoms with E-state index < -0.39 is 0 Å². The van der Waals surface area contributed by atoms with E-state index in [-0.39, 0.29) is 12.2 Å². The molecule has 5 nitrogen and oxygen atoms in total. The Morgan fingerprint density at radius 3 is 2.78 bits per heavy atom. The fraction of sp³-hybridized carbons (Fsp3) is 0.615. The molecule has 1 aromatic rings. The number of aromatic nitrogens is 1. The predicted octanol–water partition coefficient (Wildman–Crippen LogP) is 1.29. The van der Waals surface area contributed by atoms with Gasteiger partial charge in [-0.25, -0.2) is 4.98 Å².